The Morgan fingerprint density at radius 3 is 2.58 bits per heavy atom. The zero-order valence-corrected chi connectivity index (χ0v) is 13.0. The van der Waals surface area contributed by atoms with Crippen molar-refractivity contribution in [2.24, 2.45) is 4.99 Å². The Labute approximate surface area is 123 Å². The van der Waals surface area contributed by atoms with Crippen LogP contribution in [0.3, 0.4) is 0 Å². The lowest BCUT2D eigenvalue weighted by Crippen LogP contribution is -2.32. The number of aliphatic imine (C=N–C) groups is 1. The first-order chi connectivity index (χ1) is 9.19. The van der Waals surface area contributed by atoms with Gasteiger partial charge in [0.15, 0.2) is 0 Å². The average Bonchev–Trinajstić information content (AvgIpc) is 2.84. The molecule has 3 rings (SSSR count). The van der Waals surface area contributed by atoms with Gasteiger partial charge in [0.2, 0.25) is 5.90 Å². The summed E-state index contributed by atoms with van der Waals surface area (Å²) in [5.74, 6) is 3.34. The van der Waals surface area contributed by atoms with Crippen LogP contribution in [-0.4, -0.2) is 27.5 Å². The van der Waals surface area contributed by atoms with Crippen LogP contribution in [0.15, 0.2) is 35.3 Å². The van der Waals surface area contributed by atoms with Gasteiger partial charge in [-0.1, -0.05) is 30.3 Å². The number of nitrogens with zero attached hydrogens (tertiary/aromatic N) is 1. The van der Waals surface area contributed by atoms with E-state index in [1.54, 1.807) is 0 Å². The van der Waals surface area contributed by atoms with Gasteiger partial charge >= 0.3 is 0 Å². The number of thioether (sulfide) groups is 2. The molecule has 0 spiro atoms. The van der Waals surface area contributed by atoms with E-state index in [4.69, 9.17) is 9.73 Å². The van der Waals surface area contributed by atoms with Gasteiger partial charge in [-0.15, -0.1) is 23.5 Å². The van der Waals surface area contributed by atoms with Crippen LogP contribution in [0.4, 0.5) is 0 Å². The van der Waals surface area contributed by atoms with Crippen LogP contribution in [-0.2, 0) is 4.74 Å². The first-order valence-corrected chi connectivity index (χ1v) is 8.74. The van der Waals surface area contributed by atoms with Crippen LogP contribution in [0.2, 0.25) is 0 Å². The molecular weight excluding hydrogens is 274 g/mol. The Morgan fingerprint density at radius 2 is 1.89 bits per heavy atom. The molecule has 0 radical (unpaired) electrons. The molecule has 1 saturated heterocycles. The largest absolute Gasteiger partial charge is 0.469 e. The zero-order valence-electron chi connectivity index (χ0n) is 11.3. The number of hydrogen-bond acceptors (Lipinski definition) is 4. The standard InChI is InChI=1S/C15H19NOS2/c1-11-13(12-7-4-3-5-8-12)17-14(16-11)15(2)18-9-6-10-19-15/h3-5,7-8,11,13H,6,9-10H2,1-2H3/t11-,13+/m0/s1. The second kappa shape index (κ2) is 5.41. The number of benzene rings is 1. The molecule has 0 aromatic heterocycles. The van der Waals surface area contributed by atoms with Gasteiger partial charge in [0, 0.05) is 0 Å². The third-order valence-corrected chi connectivity index (χ3v) is 6.70. The first kappa shape index (κ1) is 13.4. The van der Waals surface area contributed by atoms with Crippen LogP contribution in [0.1, 0.15) is 31.9 Å². The molecule has 0 unspecified atom stereocenters. The Bertz CT molecular complexity index is 468. The monoisotopic (exact) mass is 293 g/mol. The normalized spacial score (nSPS) is 29.7. The van der Waals surface area contributed by atoms with E-state index in [1.807, 2.05) is 29.6 Å². The van der Waals surface area contributed by atoms with Crippen LogP contribution in [0.25, 0.3) is 0 Å². The Morgan fingerprint density at radius 1 is 1.21 bits per heavy atom. The van der Waals surface area contributed by atoms with E-state index in [1.165, 1.54) is 23.5 Å². The van der Waals surface area contributed by atoms with Crippen LogP contribution in [0.5, 0.6) is 0 Å². The second-order valence-electron chi connectivity index (χ2n) is 5.12. The molecule has 2 heterocycles. The van der Waals surface area contributed by atoms with E-state index in [0.717, 1.165) is 5.90 Å². The van der Waals surface area contributed by atoms with Gasteiger partial charge in [-0.3, -0.25) is 0 Å². The summed E-state index contributed by atoms with van der Waals surface area (Å²) in [7, 11) is 0. The minimum atomic E-state index is 0.00996. The molecule has 1 aromatic carbocycles. The minimum Gasteiger partial charge on any atom is -0.469 e. The highest BCUT2D eigenvalue weighted by Crippen LogP contribution is 2.46. The van der Waals surface area contributed by atoms with Gasteiger partial charge in [-0.25, -0.2) is 4.99 Å². The summed E-state index contributed by atoms with van der Waals surface area (Å²) in [5.41, 5.74) is 1.23. The summed E-state index contributed by atoms with van der Waals surface area (Å²) in [6.45, 7) is 4.40. The Hall–Kier alpha value is -0.610. The molecule has 19 heavy (non-hydrogen) atoms. The van der Waals surface area contributed by atoms with Gasteiger partial charge < -0.3 is 4.74 Å². The highest BCUT2D eigenvalue weighted by molar-refractivity contribution is 8.19. The summed E-state index contributed by atoms with van der Waals surface area (Å²) < 4.78 is 6.22. The van der Waals surface area contributed by atoms with Crippen LogP contribution in [0, 0.1) is 0 Å². The summed E-state index contributed by atoms with van der Waals surface area (Å²) >= 11 is 3.94. The van der Waals surface area contributed by atoms with Gasteiger partial charge in [-0.2, -0.15) is 0 Å². The third-order valence-electron chi connectivity index (χ3n) is 3.56. The van der Waals surface area contributed by atoms with Crippen molar-refractivity contribution in [3.05, 3.63) is 35.9 Å². The lowest BCUT2D eigenvalue weighted by Gasteiger charge is -2.31. The maximum absolute atomic E-state index is 6.21. The van der Waals surface area contributed by atoms with Gasteiger partial charge in [0.25, 0.3) is 0 Å². The summed E-state index contributed by atoms with van der Waals surface area (Å²) in [6, 6.07) is 10.6. The molecule has 102 valence electrons. The quantitative estimate of drug-likeness (QED) is 0.818. The maximum atomic E-state index is 6.21. The Kier molecular flexibility index (Phi) is 3.81. The Balaban J connectivity index is 1.78. The molecule has 1 aromatic rings. The molecule has 1 fully saturated rings. The fraction of sp³-hybridized carbons (Fsp3) is 0.533. The molecule has 0 saturated carbocycles. The predicted molar refractivity (Wildman–Crippen MR) is 85.1 cm³/mol. The van der Waals surface area contributed by atoms with Crippen molar-refractivity contribution in [3.8, 4) is 0 Å². The van der Waals surface area contributed by atoms with Crippen molar-refractivity contribution in [3.63, 3.8) is 0 Å². The van der Waals surface area contributed by atoms with Gasteiger partial charge in [0.05, 0.1) is 6.04 Å². The topological polar surface area (TPSA) is 21.6 Å². The van der Waals surface area contributed by atoms with E-state index in [-0.39, 0.29) is 16.2 Å². The smallest absolute Gasteiger partial charge is 0.211 e. The molecule has 0 bridgehead atoms. The highest BCUT2D eigenvalue weighted by atomic mass is 32.2. The zero-order chi connectivity index (χ0) is 13.3. The van der Waals surface area contributed by atoms with E-state index in [2.05, 4.69) is 38.1 Å². The van der Waals surface area contributed by atoms with Crippen molar-refractivity contribution in [2.75, 3.05) is 11.5 Å². The fourth-order valence-corrected chi connectivity index (χ4v) is 5.29. The maximum Gasteiger partial charge on any atom is 0.211 e. The molecule has 0 amide bonds. The minimum absolute atomic E-state index is 0.00996. The summed E-state index contributed by atoms with van der Waals surface area (Å²) in [4.78, 5) is 4.79. The lowest BCUT2D eigenvalue weighted by atomic mass is 10.0. The summed E-state index contributed by atoms with van der Waals surface area (Å²) in [5, 5.41) is 0. The molecule has 2 aliphatic heterocycles. The fourth-order valence-electron chi connectivity index (χ4n) is 2.47. The molecular formula is C15H19NOS2. The molecule has 4 heteroatoms. The molecule has 0 aliphatic carbocycles. The second-order valence-corrected chi connectivity index (χ2v) is 8.41. The molecule has 2 atom stereocenters. The SMILES string of the molecule is C[C@@H]1N=C(C2(C)SCCCS2)O[C@H]1c1ccccc1. The van der Waals surface area contributed by atoms with E-state index >= 15 is 0 Å². The van der Waals surface area contributed by atoms with Crippen LogP contribution >= 0.6 is 23.5 Å². The highest BCUT2D eigenvalue weighted by Gasteiger charge is 2.42. The molecule has 0 N–H and O–H groups in total. The third kappa shape index (κ3) is 2.65. The summed E-state index contributed by atoms with van der Waals surface area (Å²) in [6.07, 6.45) is 1.37. The van der Waals surface area contributed by atoms with E-state index in [9.17, 15) is 0 Å². The number of hydrogen-bond donors (Lipinski definition) is 0. The van der Waals surface area contributed by atoms with E-state index < -0.39 is 0 Å². The number of rotatable bonds is 2. The average molecular weight is 293 g/mol. The van der Waals surface area contributed by atoms with E-state index in [0.29, 0.717) is 0 Å². The van der Waals surface area contributed by atoms with Gasteiger partial charge in [0.1, 0.15) is 10.2 Å². The van der Waals surface area contributed by atoms with Crippen molar-refractivity contribution in [2.45, 2.75) is 36.5 Å². The van der Waals surface area contributed by atoms with Crippen molar-refractivity contribution in [1.29, 1.82) is 0 Å². The van der Waals surface area contributed by atoms with Crippen molar-refractivity contribution < 1.29 is 4.74 Å². The molecule has 2 nitrogen and oxygen atoms in total. The lowest BCUT2D eigenvalue weighted by molar-refractivity contribution is 0.197. The first-order valence-electron chi connectivity index (χ1n) is 6.77. The number of ether oxygens (including phenoxy) is 1. The van der Waals surface area contributed by atoms with Crippen LogP contribution < -0.4 is 0 Å². The predicted octanol–water partition coefficient (Wildman–Crippen LogP) is 4.13. The van der Waals surface area contributed by atoms with Gasteiger partial charge in [-0.05, 0) is 37.3 Å². The van der Waals surface area contributed by atoms with Crippen molar-refractivity contribution >= 4 is 29.4 Å². The molecule has 2 aliphatic rings. The van der Waals surface area contributed by atoms with Crippen molar-refractivity contribution in [1.82, 2.24) is 0 Å².